The van der Waals surface area contributed by atoms with Gasteiger partial charge in [0.25, 0.3) is 5.91 Å². The molecule has 2 aromatic carbocycles. The molecule has 0 aromatic heterocycles. The van der Waals surface area contributed by atoms with Crippen molar-refractivity contribution in [3.05, 3.63) is 64.7 Å². The standard InChI is InChI=1S/C18H19ClN2O2/c1-2-3-12-23-16-10-8-14(9-11-16)18(22)21-20-13-15-6-4-5-7-17(15)19/h4-11,13H,2-3,12H2,1H3,(H,21,22)/b20-13+. The Morgan fingerprint density at radius 1 is 1.22 bits per heavy atom. The summed E-state index contributed by atoms with van der Waals surface area (Å²) in [6.07, 6.45) is 3.62. The normalized spacial score (nSPS) is 10.7. The lowest BCUT2D eigenvalue weighted by atomic mass is 10.2. The minimum Gasteiger partial charge on any atom is -0.494 e. The maximum Gasteiger partial charge on any atom is 0.271 e. The third-order valence-corrected chi connectivity index (χ3v) is 3.50. The van der Waals surface area contributed by atoms with Gasteiger partial charge in [0.15, 0.2) is 0 Å². The van der Waals surface area contributed by atoms with Gasteiger partial charge in [0.05, 0.1) is 12.8 Å². The van der Waals surface area contributed by atoms with Gasteiger partial charge in [-0.05, 0) is 36.8 Å². The summed E-state index contributed by atoms with van der Waals surface area (Å²) in [5.41, 5.74) is 3.74. The van der Waals surface area contributed by atoms with Crippen LogP contribution in [-0.4, -0.2) is 18.7 Å². The van der Waals surface area contributed by atoms with Gasteiger partial charge in [-0.2, -0.15) is 5.10 Å². The Hall–Kier alpha value is -2.33. The number of rotatable bonds is 7. The van der Waals surface area contributed by atoms with Crippen molar-refractivity contribution in [3.8, 4) is 5.75 Å². The topological polar surface area (TPSA) is 50.7 Å². The van der Waals surface area contributed by atoms with E-state index in [1.54, 1.807) is 30.3 Å². The highest BCUT2D eigenvalue weighted by molar-refractivity contribution is 6.33. The Kier molecular flexibility index (Phi) is 6.63. The molecule has 0 saturated carbocycles. The predicted octanol–water partition coefficient (Wildman–Crippen LogP) is 4.28. The molecule has 1 N–H and O–H groups in total. The van der Waals surface area contributed by atoms with Crippen LogP contribution in [0.1, 0.15) is 35.7 Å². The molecule has 23 heavy (non-hydrogen) atoms. The van der Waals surface area contributed by atoms with E-state index in [4.69, 9.17) is 16.3 Å². The summed E-state index contributed by atoms with van der Waals surface area (Å²) < 4.78 is 5.56. The van der Waals surface area contributed by atoms with Crippen molar-refractivity contribution in [2.45, 2.75) is 19.8 Å². The molecule has 0 saturated heterocycles. The van der Waals surface area contributed by atoms with Gasteiger partial charge < -0.3 is 4.74 Å². The van der Waals surface area contributed by atoms with E-state index in [2.05, 4.69) is 17.5 Å². The smallest absolute Gasteiger partial charge is 0.271 e. The Morgan fingerprint density at radius 2 is 1.96 bits per heavy atom. The third-order valence-electron chi connectivity index (χ3n) is 3.16. The van der Waals surface area contributed by atoms with Gasteiger partial charge in [-0.3, -0.25) is 4.79 Å². The van der Waals surface area contributed by atoms with Crippen LogP contribution in [0.4, 0.5) is 0 Å². The number of carbonyl (C=O) groups is 1. The minimum atomic E-state index is -0.284. The molecule has 5 heteroatoms. The zero-order valence-corrected chi connectivity index (χ0v) is 13.7. The molecule has 0 bridgehead atoms. The largest absolute Gasteiger partial charge is 0.494 e. The second kappa shape index (κ2) is 8.96. The van der Waals surface area contributed by atoms with Crippen molar-refractivity contribution in [1.82, 2.24) is 5.43 Å². The molecule has 0 spiro atoms. The summed E-state index contributed by atoms with van der Waals surface area (Å²) in [6, 6.07) is 14.3. The third kappa shape index (κ3) is 5.42. The summed E-state index contributed by atoms with van der Waals surface area (Å²) in [5.74, 6) is 0.475. The number of hydrazone groups is 1. The van der Waals surface area contributed by atoms with Crippen molar-refractivity contribution in [2.75, 3.05) is 6.61 Å². The van der Waals surface area contributed by atoms with E-state index in [0.717, 1.165) is 24.2 Å². The number of unbranched alkanes of at least 4 members (excludes halogenated alkanes) is 1. The number of carbonyl (C=O) groups excluding carboxylic acids is 1. The highest BCUT2D eigenvalue weighted by Crippen LogP contribution is 2.13. The van der Waals surface area contributed by atoms with E-state index in [0.29, 0.717) is 17.2 Å². The van der Waals surface area contributed by atoms with E-state index in [1.165, 1.54) is 6.21 Å². The average molecular weight is 331 g/mol. The molecule has 0 radical (unpaired) electrons. The first-order valence-corrected chi connectivity index (χ1v) is 7.89. The van der Waals surface area contributed by atoms with Gasteiger partial charge >= 0.3 is 0 Å². The molecule has 0 fully saturated rings. The predicted molar refractivity (Wildman–Crippen MR) is 93.4 cm³/mol. The summed E-state index contributed by atoms with van der Waals surface area (Å²) >= 11 is 6.01. The molecule has 0 aliphatic carbocycles. The number of ether oxygens (including phenoxy) is 1. The number of hydrogen-bond donors (Lipinski definition) is 1. The van der Waals surface area contributed by atoms with Crippen LogP contribution < -0.4 is 10.2 Å². The monoisotopic (exact) mass is 330 g/mol. The number of benzene rings is 2. The lowest BCUT2D eigenvalue weighted by molar-refractivity contribution is 0.0955. The zero-order chi connectivity index (χ0) is 16.5. The summed E-state index contributed by atoms with van der Waals surface area (Å²) in [5, 5.41) is 4.50. The van der Waals surface area contributed by atoms with Gasteiger partial charge in [0.2, 0.25) is 0 Å². The SMILES string of the molecule is CCCCOc1ccc(C(=O)N/N=C/c2ccccc2Cl)cc1. The van der Waals surface area contributed by atoms with Gasteiger partial charge in [0.1, 0.15) is 5.75 Å². The molecule has 0 aliphatic rings. The first-order valence-electron chi connectivity index (χ1n) is 7.51. The van der Waals surface area contributed by atoms with Crippen molar-refractivity contribution in [2.24, 2.45) is 5.10 Å². The summed E-state index contributed by atoms with van der Waals surface area (Å²) in [4.78, 5) is 12.0. The van der Waals surface area contributed by atoms with Gasteiger partial charge in [-0.1, -0.05) is 43.1 Å². The van der Waals surface area contributed by atoms with E-state index in [-0.39, 0.29) is 5.91 Å². The maximum atomic E-state index is 12.0. The highest BCUT2D eigenvalue weighted by atomic mass is 35.5. The Balaban J connectivity index is 1.89. The van der Waals surface area contributed by atoms with E-state index >= 15 is 0 Å². The van der Waals surface area contributed by atoms with Crippen LogP contribution >= 0.6 is 11.6 Å². The molecule has 1 amide bonds. The molecule has 0 unspecified atom stereocenters. The van der Waals surface area contributed by atoms with Crippen LogP contribution in [0, 0.1) is 0 Å². The van der Waals surface area contributed by atoms with E-state index < -0.39 is 0 Å². The molecule has 0 atom stereocenters. The van der Waals surface area contributed by atoms with Crippen LogP contribution in [0.2, 0.25) is 5.02 Å². The fourth-order valence-electron chi connectivity index (χ4n) is 1.84. The molecule has 4 nitrogen and oxygen atoms in total. The van der Waals surface area contributed by atoms with Crippen LogP contribution in [0.5, 0.6) is 5.75 Å². The van der Waals surface area contributed by atoms with Crippen LogP contribution in [0.25, 0.3) is 0 Å². The maximum absolute atomic E-state index is 12.0. The Bertz CT molecular complexity index is 669. The molecular weight excluding hydrogens is 312 g/mol. The van der Waals surface area contributed by atoms with Crippen LogP contribution in [0.15, 0.2) is 53.6 Å². The molecular formula is C18H19ClN2O2. The second-order valence-corrected chi connectivity index (χ2v) is 5.35. The lowest BCUT2D eigenvalue weighted by Crippen LogP contribution is -2.17. The number of nitrogens with zero attached hydrogens (tertiary/aromatic N) is 1. The van der Waals surface area contributed by atoms with Crippen molar-refractivity contribution < 1.29 is 9.53 Å². The second-order valence-electron chi connectivity index (χ2n) is 4.95. The van der Waals surface area contributed by atoms with Gasteiger partial charge in [-0.15, -0.1) is 0 Å². The first-order chi connectivity index (χ1) is 11.2. The molecule has 2 rings (SSSR count). The van der Waals surface area contributed by atoms with E-state index in [9.17, 15) is 4.79 Å². The lowest BCUT2D eigenvalue weighted by Gasteiger charge is -2.06. The molecule has 0 heterocycles. The number of hydrogen-bond acceptors (Lipinski definition) is 3. The molecule has 0 aliphatic heterocycles. The minimum absolute atomic E-state index is 0.284. The van der Waals surface area contributed by atoms with Crippen LogP contribution in [-0.2, 0) is 0 Å². The van der Waals surface area contributed by atoms with E-state index in [1.807, 2.05) is 18.2 Å². The summed E-state index contributed by atoms with van der Waals surface area (Å²) in [7, 11) is 0. The molecule has 2 aromatic rings. The number of nitrogens with one attached hydrogen (secondary N) is 1. The van der Waals surface area contributed by atoms with Gasteiger partial charge in [-0.25, -0.2) is 5.43 Å². The number of halogens is 1. The first kappa shape index (κ1) is 17.0. The average Bonchev–Trinajstić information content (AvgIpc) is 2.57. The summed E-state index contributed by atoms with van der Waals surface area (Å²) in [6.45, 7) is 2.80. The fourth-order valence-corrected chi connectivity index (χ4v) is 2.03. The van der Waals surface area contributed by atoms with Crippen molar-refractivity contribution in [1.29, 1.82) is 0 Å². The van der Waals surface area contributed by atoms with Crippen molar-refractivity contribution in [3.63, 3.8) is 0 Å². The van der Waals surface area contributed by atoms with Gasteiger partial charge in [0, 0.05) is 16.1 Å². The molecule has 120 valence electrons. The van der Waals surface area contributed by atoms with Crippen molar-refractivity contribution >= 4 is 23.7 Å². The van der Waals surface area contributed by atoms with Crippen LogP contribution in [0.3, 0.4) is 0 Å². The number of amides is 1. The highest BCUT2D eigenvalue weighted by Gasteiger charge is 2.04. The fraction of sp³-hybridized carbons (Fsp3) is 0.222. The quantitative estimate of drug-likeness (QED) is 0.468. The Morgan fingerprint density at radius 3 is 2.65 bits per heavy atom. The zero-order valence-electron chi connectivity index (χ0n) is 13.0. The Labute approximate surface area is 141 Å².